The first-order chi connectivity index (χ1) is 22.6. The lowest BCUT2D eigenvalue weighted by molar-refractivity contribution is -0.149. The third-order valence-corrected chi connectivity index (χ3v) is 9.75. The van der Waals surface area contributed by atoms with Crippen molar-refractivity contribution in [1.82, 2.24) is 20.0 Å². The fourth-order valence-corrected chi connectivity index (χ4v) is 6.30. The molecule has 4 amide bonds. The number of aliphatic carboxylic acids is 1. The van der Waals surface area contributed by atoms with E-state index in [2.05, 4.69) is 17.4 Å². The van der Waals surface area contributed by atoms with Crippen LogP contribution in [0.5, 0.6) is 0 Å². The van der Waals surface area contributed by atoms with E-state index in [-0.39, 0.29) is 49.0 Å². The monoisotopic (exact) mass is 664 g/mol. The van der Waals surface area contributed by atoms with Gasteiger partial charge in [0.2, 0.25) is 17.7 Å². The summed E-state index contributed by atoms with van der Waals surface area (Å²) in [5.74, 6) is -2.70. The first kappa shape index (κ1) is 38.0. The third kappa shape index (κ3) is 8.73. The van der Waals surface area contributed by atoms with Crippen LogP contribution in [0.4, 0.5) is 4.79 Å². The lowest BCUT2D eigenvalue weighted by Crippen LogP contribution is -2.58. The largest absolute Gasteiger partial charge is 0.481 e. The number of hydrogen-bond acceptors (Lipinski definition) is 6. The van der Waals surface area contributed by atoms with Crippen LogP contribution < -0.4 is 5.32 Å². The number of benzene rings is 2. The van der Waals surface area contributed by atoms with Crippen molar-refractivity contribution in [2.24, 2.45) is 11.8 Å². The molecule has 0 radical (unpaired) electrons. The van der Waals surface area contributed by atoms with Crippen LogP contribution in [0.3, 0.4) is 0 Å². The van der Waals surface area contributed by atoms with E-state index in [1.54, 1.807) is 35.0 Å². The summed E-state index contributed by atoms with van der Waals surface area (Å²) in [5.41, 5.74) is 4.40. The molecule has 0 fully saturated rings. The van der Waals surface area contributed by atoms with Crippen molar-refractivity contribution in [3.63, 3.8) is 0 Å². The Morgan fingerprint density at radius 1 is 0.771 bits per heavy atom. The van der Waals surface area contributed by atoms with Crippen molar-refractivity contribution in [3.05, 3.63) is 59.7 Å². The summed E-state index contributed by atoms with van der Waals surface area (Å²) in [6, 6.07) is 13.3. The minimum Gasteiger partial charge on any atom is -0.481 e. The van der Waals surface area contributed by atoms with Crippen molar-refractivity contribution >= 4 is 29.8 Å². The highest BCUT2D eigenvalue weighted by Crippen LogP contribution is 2.44. The highest BCUT2D eigenvalue weighted by Gasteiger charge is 2.39. The Bertz CT molecular complexity index is 1430. The predicted molar refractivity (Wildman–Crippen MR) is 184 cm³/mol. The van der Waals surface area contributed by atoms with E-state index in [1.807, 2.05) is 64.1 Å². The maximum absolute atomic E-state index is 14.0. The molecular weight excluding hydrogens is 612 g/mol. The number of carboxylic acids is 1. The number of rotatable bonds is 15. The highest BCUT2D eigenvalue weighted by molar-refractivity contribution is 5.92. The summed E-state index contributed by atoms with van der Waals surface area (Å²) in [6.45, 7) is 11.0. The molecule has 0 saturated carbocycles. The van der Waals surface area contributed by atoms with E-state index in [1.165, 1.54) is 14.7 Å². The number of nitrogens with one attached hydrogen (secondary N) is 1. The molecular formula is C37H52N4O7. The highest BCUT2D eigenvalue weighted by atomic mass is 16.5. The molecule has 0 bridgehead atoms. The number of hydrogen-bond donors (Lipinski definition) is 2. The second-order valence-electron chi connectivity index (χ2n) is 13.4. The average molecular weight is 665 g/mol. The Morgan fingerprint density at radius 3 is 1.79 bits per heavy atom. The number of carboxylic acid groups (broad SMARTS) is 1. The van der Waals surface area contributed by atoms with E-state index in [9.17, 15) is 24.0 Å². The molecule has 48 heavy (non-hydrogen) atoms. The zero-order chi connectivity index (χ0) is 35.9. The van der Waals surface area contributed by atoms with Gasteiger partial charge in [-0.3, -0.25) is 19.2 Å². The van der Waals surface area contributed by atoms with E-state index >= 15 is 0 Å². The van der Waals surface area contributed by atoms with Crippen LogP contribution in [0.25, 0.3) is 11.1 Å². The Hall–Kier alpha value is -4.41. The predicted octanol–water partition coefficient (Wildman–Crippen LogP) is 4.98. The van der Waals surface area contributed by atoms with Gasteiger partial charge in [-0.25, -0.2) is 4.79 Å². The summed E-state index contributed by atoms with van der Waals surface area (Å²) in [7, 11) is 4.70. The second kappa shape index (κ2) is 16.6. The number of nitrogens with zero attached hydrogens (tertiary/aromatic N) is 3. The Morgan fingerprint density at radius 2 is 1.29 bits per heavy atom. The van der Waals surface area contributed by atoms with Crippen molar-refractivity contribution in [2.75, 3.05) is 27.7 Å². The molecule has 11 heteroatoms. The van der Waals surface area contributed by atoms with Gasteiger partial charge < -0.3 is 29.9 Å². The third-order valence-electron chi connectivity index (χ3n) is 9.75. The van der Waals surface area contributed by atoms with Gasteiger partial charge in [-0.05, 0) is 47.9 Å². The summed E-state index contributed by atoms with van der Waals surface area (Å²) < 4.78 is 5.75. The normalized spacial score (nSPS) is 15.3. The summed E-state index contributed by atoms with van der Waals surface area (Å²) in [5, 5.41) is 11.9. The Labute approximate surface area is 284 Å². The minimum atomic E-state index is -1.00. The van der Waals surface area contributed by atoms with Gasteiger partial charge in [0, 0.05) is 45.6 Å². The van der Waals surface area contributed by atoms with Crippen LogP contribution >= 0.6 is 0 Å². The molecule has 0 saturated heterocycles. The summed E-state index contributed by atoms with van der Waals surface area (Å²) >= 11 is 0. The molecule has 0 aliphatic heterocycles. The maximum atomic E-state index is 14.0. The van der Waals surface area contributed by atoms with E-state index in [0.717, 1.165) is 22.3 Å². The van der Waals surface area contributed by atoms with E-state index < -0.39 is 42.1 Å². The van der Waals surface area contributed by atoms with E-state index in [0.29, 0.717) is 6.42 Å². The van der Waals surface area contributed by atoms with Crippen LogP contribution in [-0.2, 0) is 23.9 Å². The molecule has 1 aliphatic carbocycles. The molecule has 2 aromatic rings. The molecule has 3 rings (SSSR count). The fraction of sp³-hybridized carbons (Fsp3) is 0.541. The molecule has 0 heterocycles. The first-order valence-electron chi connectivity index (χ1n) is 16.7. The van der Waals surface area contributed by atoms with Gasteiger partial charge in [0.25, 0.3) is 0 Å². The summed E-state index contributed by atoms with van der Waals surface area (Å²) in [6.07, 6.45) is -0.304. The van der Waals surface area contributed by atoms with Gasteiger partial charge in [0.05, 0.1) is 6.42 Å². The zero-order valence-electron chi connectivity index (χ0n) is 29.7. The molecule has 0 unspecified atom stereocenters. The van der Waals surface area contributed by atoms with Crippen molar-refractivity contribution in [3.8, 4) is 11.1 Å². The Balaban J connectivity index is 1.70. The van der Waals surface area contributed by atoms with Crippen LogP contribution in [0.2, 0.25) is 0 Å². The fourth-order valence-electron chi connectivity index (χ4n) is 6.30. The lowest BCUT2D eigenvalue weighted by Gasteiger charge is -2.38. The average Bonchev–Trinajstić information content (AvgIpc) is 3.37. The van der Waals surface area contributed by atoms with Gasteiger partial charge in [0.15, 0.2) is 0 Å². The quantitative estimate of drug-likeness (QED) is 0.274. The van der Waals surface area contributed by atoms with Crippen molar-refractivity contribution in [1.29, 1.82) is 0 Å². The Kier molecular flexibility index (Phi) is 13.2. The molecule has 5 atom stereocenters. The van der Waals surface area contributed by atoms with Gasteiger partial charge in [0.1, 0.15) is 18.7 Å². The van der Waals surface area contributed by atoms with Crippen LogP contribution in [0.15, 0.2) is 48.5 Å². The standard InChI is InChI=1S/C37H52N4O7/c1-10-23(4)33(38-37(47)48-21-30-28-17-13-11-15-26(28)27-16-12-14-18-29(27)30)35(45)41(9)34(22(2)3)36(46)40(8)24(5)19-31(42)39(7)25(6)20-32(43)44/h11-18,22-25,30,33-34H,10,19-21H2,1-9H3,(H,38,47)(H,43,44)/t23-,24+,25+,33-,34-/m0/s1. The van der Waals surface area contributed by atoms with E-state index in [4.69, 9.17) is 9.84 Å². The number of carbonyl (C=O) groups excluding carboxylic acids is 4. The number of alkyl carbamates (subject to hydrolysis) is 1. The van der Waals surface area contributed by atoms with Gasteiger partial charge in [-0.1, -0.05) is 82.6 Å². The van der Waals surface area contributed by atoms with Crippen molar-refractivity contribution in [2.45, 2.75) is 90.9 Å². The molecule has 0 aromatic heterocycles. The van der Waals surface area contributed by atoms with Crippen LogP contribution in [0.1, 0.15) is 77.8 Å². The molecule has 1 aliphatic rings. The van der Waals surface area contributed by atoms with Crippen LogP contribution in [-0.4, -0.2) is 102 Å². The molecule has 11 nitrogen and oxygen atoms in total. The minimum absolute atomic E-state index is 0.00991. The molecule has 262 valence electrons. The number of carbonyl (C=O) groups is 5. The number of fused-ring (bicyclic) bond motifs is 3. The molecule has 2 aromatic carbocycles. The van der Waals surface area contributed by atoms with Gasteiger partial charge >= 0.3 is 12.1 Å². The number of likely N-dealkylation sites (N-methyl/N-ethyl adjacent to an activating group) is 2. The van der Waals surface area contributed by atoms with Crippen LogP contribution in [0, 0.1) is 11.8 Å². The van der Waals surface area contributed by atoms with Crippen molar-refractivity contribution < 1.29 is 33.8 Å². The maximum Gasteiger partial charge on any atom is 0.407 e. The number of ether oxygens (including phenoxy) is 1. The molecule has 0 spiro atoms. The van der Waals surface area contributed by atoms with Gasteiger partial charge in [-0.2, -0.15) is 0 Å². The SMILES string of the molecule is CC[C@H](C)[C@H](NC(=O)OCC1c2ccccc2-c2ccccc21)C(=O)N(C)[C@H](C(=O)N(C)[C@H](C)CC(=O)N(C)[C@H](C)CC(=O)O)C(C)C. The summed E-state index contributed by atoms with van der Waals surface area (Å²) in [4.78, 5) is 69.3. The zero-order valence-corrected chi connectivity index (χ0v) is 29.7. The smallest absolute Gasteiger partial charge is 0.407 e. The molecule has 2 N–H and O–H groups in total. The number of amides is 4. The lowest BCUT2D eigenvalue weighted by atomic mass is 9.95. The van der Waals surface area contributed by atoms with Gasteiger partial charge in [-0.15, -0.1) is 0 Å². The first-order valence-corrected chi connectivity index (χ1v) is 16.7. The second-order valence-corrected chi connectivity index (χ2v) is 13.4. The topological polar surface area (TPSA) is 137 Å².